The molecule has 1 aliphatic carbocycles. The third-order valence-corrected chi connectivity index (χ3v) is 4.99. The van der Waals surface area contributed by atoms with Crippen LogP contribution in [0.5, 0.6) is 0 Å². The number of aryl methyl sites for hydroxylation is 3. The molecule has 18 heavy (non-hydrogen) atoms. The number of aromatic nitrogens is 2. The first kappa shape index (κ1) is 11.9. The summed E-state index contributed by atoms with van der Waals surface area (Å²) < 4.78 is 2.08. The van der Waals surface area contributed by atoms with E-state index in [9.17, 15) is 0 Å². The van der Waals surface area contributed by atoms with Gasteiger partial charge in [0.2, 0.25) is 0 Å². The van der Waals surface area contributed by atoms with Crippen LogP contribution < -0.4 is 5.32 Å². The van der Waals surface area contributed by atoms with Gasteiger partial charge < -0.3 is 5.32 Å². The average molecular weight is 261 g/mol. The maximum absolute atomic E-state index is 4.37. The largest absolute Gasteiger partial charge is 0.307 e. The van der Waals surface area contributed by atoms with E-state index in [2.05, 4.69) is 34.2 Å². The average Bonchev–Trinajstić information content (AvgIpc) is 3.03. The van der Waals surface area contributed by atoms with Gasteiger partial charge in [-0.15, -0.1) is 11.3 Å². The zero-order chi connectivity index (χ0) is 12.5. The van der Waals surface area contributed by atoms with E-state index < -0.39 is 0 Å². The Balaban J connectivity index is 1.96. The van der Waals surface area contributed by atoms with Crippen molar-refractivity contribution in [3.8, 4) is 0 Å². The van der Waals surface area contributed by atoms with Crippen LogP contribution in [0.3, 0.4) is 0 Å². The molecule has 3 rings (SSSR count). The topological polar surface area (TPSA) is 29.9 Å². The summed E-state index contributed by atoms with van der Waals surface area (Å²) in [4.78, 5) is 3.02. The van der Waals surface area contributed by atoms with Crippen molar-refractivity contribution in [3.63, 3.8) is 0 Å². The molecule has 0 radical (unpaired) electrons. The number of nitrogens with zero attached hydrogens (tertiary/aromatic N) is 2. The summed E-state index contributed by atoms with van der Waals surface area (Å²) in [7, 11) is 2.03. The Morgan fingerprint density at radius 1 is 1.50 bits per heavy atom. The Kier molecular flexibility index (Phi) is 3.22. The summed E-state index contributed by atoms with van der Waals surface area (Å²) >= 11 is 1.97. The van der Waals surface area contributed by atoms with Gasteiger partial charge in [0.05, 0.1) is 11.7 Å². The zero-order valence-corrected chi connectivity index (χ0v) is 11.8. The molecule has 1 atom stereocenters. The lowest BCUT2D eigenvalue weighted by molar-refractivity contribution is 0.567. The van der Waals surface area contributed by atoms with E-state index in [1.165, 1.54) is 29.8 Å². The van der Waals surface area contributed by atoms with E-state index in [1.54, 1.807) is 10.4 Å². The van der Waals surface area contributed by atoms with Gasteiger partial charge in [-0.25, -0.2) is 0 Å². The van der Waals surface area contributed by atoms with Crippen LogP contribution >= 0.6 is 11.3 Å². The monoisotopic (exact) mass is 261 g/mol. The lowest BCUT2D eigenvalue weighted by Gasteiger charge is -2.16. The fraction of sp³-hybridized carbons (Fsp3) is 0.500. The van der Waals surface area contributed by atoms with Gasteiger partial charge in [-0.3, -0.25) is 4.68 Å². The van der Waals surface area contributed by atoms with E-state index in [0.29, 0.717) is 0 Å². The van der Waals surface area contributed by atoms with Gasteiger partial charge in [0, 0.05) is 22.5 Å². The fourth-order valence-electron chi connectivity index (χ4n) is 2.78. The van der Waals surface area contributed by atoms with Crippen LogP contribution in [0.25, 0.3) is 0 Å². The highest BCUT2D eigenvalue weighted by Gasteiger charge is 2.22. The van der Waals surface area contributed by atoms with Gasteiger partial charge >= 0.3 is 0 Å². The molecule has 0 aliphatic heterocycles. The van der Waals surface area contributed by atoms with E-state index in [4.69, 9.17) is 0 Å². The molecule has 1 unspecified atom stereocenters. The number of fused-ring (bicyclic) bond motifs is 1. The van der Waals surface area contributed by atoms with Crippen molar-refractivity contribution < 1.29 is 0 Å². The van der Waals surface area contributed by atoms with Crippen LogP contribution in [-0.4, -0.2) is 16.8 Å². The second-order valence-electron chi connectivity index (χ2n) is 4.74. The van der Waals surface area contributed by atoms with Crippen LogP contribution in [0.15, 0.2) is 18.3 Å². The third kappa shape index (κ3) is 1.89. The molecule has 0 spiro atoms. The normalized spacial score (nSPS) is 15.9. The molecule has 3 nitrogen and oxygen atoms in total. The number of nitrogens with one attached hydrogen (secondary N) is 1. The number of thiophene rings is 1. The highest BCUT2D eigenvalue weighted by atomic mass is 32.1. The van der Waals surface area contributed by atoms with Crippen molar-refractivity contribution in [1.29, 1.82) is 0 Å². The van der Waals surface area contributed by atoms with Crippen molar-refractivity contribution in [3.05, 3.63) is 39.3 Å². The predicted molar refractivity (Wildman–Crippen MR) is 75.1 cm³/mol. The molecule has 1 aliphatic rings. The van der Waals surface area contributed by atoms with Gasteiger partial charge in [0.1, 0.15) is 0 Å². The molecule has 0 amide bonds. The minimum Gasteiger partial charge on any atom is -0.307 e. The highest BCUT2D eigenvalue weighted by Crippen LogP contribution is 2.35. The molecule has 2 aromatic heterocycles. The first-order chi connectivity index (χ1) is 8.83. The van der Waals surface area contributed by atoms with Crippen LogP contribution in [0.1, 0.15) is 40.4 Å². The van der Waals surface area contributed by atoms with E-state index in [1.807, 2.05) is 24.6 Å². The summed E-state index contributed by atoms with van der Waals surface area (Å²) in [6.07, 6.45) is 5.75. The Bertz CT molecular complexity index is 519. The molecule has 1 N–H and O–H groups in total. The first-order valence-corrected chi connectivity index (χ1v) is 7.45. The Morgan fingerprint density at radius 3 is 3.11 bits per heavy atom. The second-order valence-corrected chi connectivity index (χ2v) is 5.91. The highest BCUT2D eigenvalue weighted by molar-refractivity contribution is 7.12. The molecular formula is C14H19N3S. The number of hydrogen-bond donors (Lipinski definition) is 1. The van der Waals surface area contributed by atoms with Crippen molar-refractivity contribution in [1.82, 2.24) is 15.1 Å². The maximum Gasteiger partial charge on any atom is 0.0839 e. The number of hydrogen-bond acceptors (Lipinski definition) is 3. The van der Waals surface area contributed by atoms with Gasteiger partial charge in [-0.05, 0) is 50.9 Å². The molecular weight excluding hydrogens is 242 g/mol. The maximum atomic E-state index is 4.37. The minimum atomic E-state index is 0.281. The molecule has 0 saturated heterocycles. The SMILES string of the molecule is CCn1nccc1C(NC)c1cc2c(s1)CCC2. The fourth-order valence-corrected chi connectivity index (χ4v) is 4.16. The van der Waals surface area contributed by atoms with Crippen molar-refractivity contribution in [2.24, 2.45) is 0 Å². The summed E-state index contributed by atoms with van der Waals surface area (Å²) in [6.45, 7) is 3.06. The van der Waals surface area contributed by atoms with Crippen molar-refractivity contribution in [2.75, 3.05) is 7.05 Å². The van der Waals surface area contributed by atoms with E-state index in [0.717, 1.165) is 6.54 Å². The van der Waals surface area contributed by atoms with Crippen molar-refractivity contribution >= 4 is 11.3 Å². The number of rotatable bonds is 4. The molecule has 0 aromatic carbocycles. The predicted octanol–water partition coefficient (Wildman–Crippen LogP) is 2.76. The Hall–Kier alpha value is -1.13. The van der Waals surface area contributed by atoms with E-state index in [-0.39, 0.29) is 6.04 Å². The molecule has 0 fully saturated rings. The van der Waals surface area contributed by atoms with Gasteiger partial charge in [-0.2, -0.15) is 5.10 Å². The minimum absolute atomic E-state index is 0.281. The molecule has 4 heteroatoms. The van der Waals surface area contributed by atoms with E-state index >= 15 is 0 Å². The third-order valence-electron chi connectivity index (χ3n) is 3.68. The molecule has 2 heterocycles. The standard InChI is InChI=1S/C14H19N3S/c1-3-17-11(7-8-16-17)14(15-2)13-9-10-5-4-6-12(10)18-13/h7-9,14-15H,3-6H2,1-2H3. The summed E-state index contributed by atoms with van der Waals surface area (Å²) in [6, 6.07) is 4.79. The summed E-state index contributed by atoms with van der Waals surface area (Å²) in [5, 5.41) is 7.81. The smallest absolute Gasteiger partial charge is 0.0839 e. The first-order valence-electron chi connectivity index (χ1n) is 6.64. The zero-order valence-electron chi connectivity index (χ0n) is 10.9. The summed E-state index contributed by atoms with van der Waals surface area (Å²) in [5.41, 5.74) is 2.83. The van der Waals surface area contributed by atoms with Gasteiger partial charge in [0.25, 0.3) is 0 Å². The molecule has 2 aromatic rings. The summed E-state index contributed by atoms with van der Waals surface area (Å²) in [5.74, 6) is 0. The van der Waals surface area contributed by atoms with Crippen LogP contribution in [0.2, 0.25) is 0 Å². The van der Waals surface area contributed by atoms with Crippen LogP contribution in [-0.2, 0) is 19.4 Å². The van der Waals surface area contributed by atoms with Gasteiger partial charge in [0.15, 0.2) is 0 Å². The molecule has 0 bridgehead atoms. The van der Waals surface area contributed by atoms with Crippen molar-refractivity contribution in [2.45, 2.75) is 38.8 Å². The molecule has 0 saturated carbocycles. The Morgan fingerprint density at radius 2 is 2.39 bits per heavy atom. The van der Waals surface area contributed by atoms with Crippen LogP contribution in [0, 0.1) is 0 Å². The lowest BCUT2D eigenvalue weighted by atomic mass is 10.1. The lowest BCUT2D eigenvalue weighted by Crippen LogP contribution is -2.20. The molecule has 96 valence electrons. The van der Waals surface area contributed by atoms with Crippen LogP contribution in [0.4, 0.5) is 0 Å². The Labute approximate surface area is 112 Å². The second kappa shape index (κ2) is 4.86. The van der Waals surface area contributed by atoms with Gasteiger partial charge in [-0.1, -0.05) is 0 Å². The quantitative estimate of drug-likeness (QED) is 0.917.